The van der Waals surface area contributed by atoms with Crippen LogP contribution < -0.4 is 11.1 Å². The van der Waals surface area contributed by atoms with E-state index in [1.54, 1.807) is 0 Å². The van der Waals surface area contributed by atoms with E-state index in [0.717, 1.165) is 11.4 Å². The average molecular weight is 371 g/mol. The third-order valence-electron chi connectivity index (χ3n) is 6.84. The fraction of sp³-hybridized carbons (Fsp3) is 0.696. The minimum atomic E-state index is -0.362. The molecule has 4 nitrogen and oxygen atoms in total. The molecule has 148 valence electrons. The molecule has 2 N–H and O–H groups in total. The van der Waals surface area contributed by atoms with Crippen molar-refractivity contribution in [3.63, 3.8) is 0 Å². The van der Waals surface area contributed by atoms with Gasteiger partial charge in [-0.25, -0.2) is 4.79 Å². The van der Waals surface area contributed by atoms with E-state index in [4.69, 9.17) is 4.42 Å². The molecule has 0 spiro atoms. The molecule has 0 amide bonds. The summed E-state index contributed by atoms with van der Waals surface area (Å²) in [6, 6.07) is 6.87. The number of benzene rings is 1. The molecule has 4 heteroatoms. The lowest BCUT2D eigenvalue weighted by molar-refractivity contribution is 0.318. The van der Waals surface area contributed by atoms with E-state index < -0.39 is 0 Å². The Balaban J connectivity index is 1.15. The first-order chi connectivity index (χ1) is 13.3. The number of hydrogen-bond acceptors (Lipinski definition) is 3. The first-order valence-electron chi connectivity index (χ1n) is 11.1. The highest BCUT2D eigenvalue weighted by Gasteiger charge is 2.22. The van der Waals surface area contributed by atoms with Gasteiger partial charge < -0.3 is 9.73 Å². The molecular weight excluding hydrogens is 336 g/mol. The van der Waals surface area contributed by atoms with Gasteiger partial charge in [0.05, 0.1) is 5.52 Å². The highest BCUT2D eigenvalue weighted by atomic mass is 16.4. The summed E-state index contributed by atoms with van der Waals surface area (Å²) in [5, 5.41) is 3.80. The zero-order chi connectivity index (χ0) is 18.5. The minimum absolute atomic E-state index is 0.362. The van der Waals surface area contributed by atoms with Gasteiger partial charge in [0, 0.05) is 6.04 Å². The smallest absolute Gasteiger partial charge is 0.408 e. The van der Waals surface area contributed by atoms with Crippen molar-refractivity contribution in [2.75, 3.05) is 6.54 Å². The van der Waals surface area contributed by atoms with Gasteiger partial charge in [0.1, 0.15) is 0 Å². The van der Waals surface area contributed by atoms with Crippen LogP contribution >= 0.6 is 0 Å². The normalized spacial score (nSPS) is 24.4. The van der Waals surface area contributed by atoms with Crippen LogP contribution in [-0.2, 0) is 0 Å². The first kappa shape index (κ1) is 18.8. The van der Waals surface area contributed by atoms with Crippen molar-refractivity contribution in [3.05, 3.63) is 34.3 Å². The van der Waals surface area contributed by atoms with Crippen molar-refractivity contribution in [3.8, 4) is 0 Å². The van der Waals surface area contributed by atoms with Crippen LogP contribution in [0.3, 0.4) is 0 Å². The Hall–Kier alpha value is -1.55. The highest BCUT2D eigenvalue weighted by molar-refractivity contribution is 5.72. The Bertz CT molecular complexity index is 764. The molecule has 0 bridgehead atoms. The molecular formula is C23H34N2O2. The fourth-order valence-electron chi connectivity index (χ4n) is 5.19. The summed E-state index contributed by atoms with van der Waals surface area (Å²) < 4.78 is 5.22. The molecule has 1 heterocycles. The van der Waals surface area contributed by atoms with Crippen LogP contribution in [0.15, 0.2) is 27.4 Å². The molecule has 2 saturated carbocycles. The number of rotatable bonds is 7. The second kappa shape index (κ2) is 9.09. The summed E-state index contributed by atoms with van der Waals surface area (Å²) in [7, 11) is 0. The Morgan fingerprint density at radius 3 is 2.63 bits per heavy atom. The standard InChI is InChI=1S/C23H34N2O2/c26-23-25-21-14-11-19(16-22(21)27-23)18-9-12-20(13-10-18)24-15-5-4-8-17-6-2-1-3-7-17/h11,14,16-18,20,24H,1-10,12-13,15H2,(H,25,26). The zero-order valence-corrected chi connectivity index (χ0v) is 16.5. The third-order valence-corrected chi connectivity index (χ3v) is 6.84. The average Bonchev–Trinajstić information content (AvgIpc) is 3.08. The quantitative estimate of drug-likeness (QED) is 0.634. The third kappa shape index (κ3) is 5.04. The number of oxazole rings is 1. The molecule has 27 heavy (non-hydrogen) atoms. The van der Waals surface area contributed by atoms with Crippen LogP contribution in [0, 0.1) is 5.92 Å². The molecule has 4 rings (SSSR count). The van der Waals surface area contributed by atoms with Crippen molar-refractivity contribution in [1.29, 1.82) is 0 Å². The summed E-state index contributed by atoms with van der Waals surface area (Å²) in [5.41, 5.74) is 2.80. The molecule has 0 atom stereocenters. The molecule has 1 aromatic heterocycles. The van der Waals surface area contributed by atoms with Gasteiger partial charge in [0.2, 0.25) is 0 Å². The van der Waals surface area contributed by atoms with E-state index in [2.05, 4.69) is 22.4 Å². The van der Waals surface area contributed by atoms with Crippen molar-refractivity contribution >= 4 is 11.1 Å². The summed E-state index contributed by atoms with van der Waals surface area (Å²) in [5.74, 6) is 1.26. The number of fused-ring (bicyclic) bond motifs is 1. The van der Waals surface area contributed by atoms with E-state index in [1.165, 1.54) is 89.2 Å². The van der Waals surface area contributed by atoms with Gasteiger partial charge in [-0.1, -0.05) is 51.0 Å². The van der Waals surface area contributed by atoms with E-state index in [9.17, 15) is 4.79 Å². The molecule has 2 fully saturated rings. The predicted molar refractivity (Wildman–Crippen MR) is 110 cm³/mol. The summed E-state index contributed by atoms with van der Waals surface area (Å²) >= 11 is 0. The predicted octanol–water partition coefficient (Wildman–Crippen LogP) is 5.49. The maximum Gasteiger partial charge on any atom is 0.417 e. The molecule has 2 aliphatic carbocycles. The molecule has 0 radical (unpaired) electrons. The monoisotopic (exact) mass is 370 g/mol. The van der Waals surface area contributed by atoms with Crippen LogP contribution in [0.4, 0.5) is 0 Å². The van der Waals surface area contributed by atoms with Gasteiger partial charge in [-0.15, -0.1) is 0 Å². The second-order valence-electron chi connectivity index (χ2n) is 8.77. The summed E-state index contributed by atoms with van der Waals surface area (Å²) in [6.45, 7) is 1.18. The van der Waals surface area contributed by atoms with E-state index in [0.29, 0.717) is 17.5 Å². The van der Waals surface area contributed by atoms with Crippen LogP contribution in [0.1, 0.15) is 88.5 Å². The summed E-state index contributed by atoms with van der Waals surface area (Å²) in [4.78, 5) is 14.0. The Labute approximate surface area is 162 Å². The fourth-order valence-corrected chi connectivity index (χ4v) is 5.19. The van der Waals surface area contributed by atoms with Crippen LogP contribution in [0.2, 0.25) is 0 Å². The van der Waals surface area contributed by atoms with Gasteiger partial charge in [0.15, 0.2) is 5.58 Å². The van der Waals surface area contributed by atoms with Gasteiger partial charge in [-0.05, 0) is 68.2 Å². The van der Waals surface area contributed by atoms with Crippen LogP contribution in [0.25, 0.3) is 11.1 Å². The lowest BCUT2D eigenvalue weighted by Crippen LogP contribution is -2.33. The largest absolute Gasteiger partial charge is 0.417 e. The minimum Gasteiger partial charge on any atom is -0.408 e. The number of hydrogen-bond donors (Lipinski definition) is 2. The number of aromatic amines is 1. The SMILES string of the molecule is O=c1[nH]c2ccc(C3CCC(NCCCCC4CCCCC4)CC3)cc2o1. The maximum atomic E-state index is 11.3. The van der Waals surface area contributed by atoms with E-state index >= 15 is 0 Å². The molecule has 2 aromatic rings. The Morgan fingerprint density at radius 2 is 1.81 bits per heavy atom. The van der Waals surface area contributed by atoms with Crippen LogP contribution in [0.5, 0.6) is 0 Å². The summed E-state index contributed by atoms with van der Waals surface area (Å²) in [6.07, 6.45) is 16.5. The molecule has 0 unspecified atom stereocenters. The highest BCUT2D eigenvalue weighted by Crippen LogP contribution is 2.34. The maximum absolute atomic E-state index is 11.3. The van der Waals surface area contributed by atoms with Gasteiger partial charge in [-0.3, -0.25) is 4.98 Å². The molecule has 1 aromatic carbocycles. The second-order valence-corrected chi connectivity index (χ2v) is 8.77. The Kier molecular flexibility index (Phi) is 6.33. The van der Waals surface area contributed by atoms with Crippen molar-refractivity contribution in [2.45, 2.75) is 89.0 Å². The number of nitrogens with one attached hydrogen (secondary N) is 2. The molecule has 0 aliphatic heterocycles. The van der Waals surface area contributed by atoms with Crippen molar-refractivity contribution in [2.24, 2.45) is 5.92 Å². The molecule has 0 saturated heterocycles. The van der Waals surface area contributed by atoms with Gasteiger partial charge >= 0.3 is 5.76 Å². The van der Waals surface area contributed by atoms with Gasteiger partial charge in [-0.2, -0.15) is 0 Å². The molecule has 2 aliphatic rings. The van der Waals surface area contributed by atoms with Crippen molar-refractivity contribution in [1.82, 2.24) is 10.3 Å². The number of unbranched alkanes of at least 4 members (excludes halogenated alkanes) is 1. The zero-order valence-electron chi connectivity index (χ0n) is 16.5. The number of aromatic nitrogens is 1. The van der Waals surface area contributed by atoms with Crippen molar-refractivity contribution < 1.29 is 4.42 Å². The Morgan fingerprint density at radius 1 is 1.00 bits per heavy atom. The lowest BCUT2D eigenvalue weighted by atomic mass is 9.81. The number of H-pyrrole nitrogens is 1. The topological polar surface area (TPSA) is 58.0 Å². The van der Waals surface area contributed by atoms with Crippen LogP contribution in [-0.4, -0.2) is 17.6 Å². The first-order valence-corrected chi connectivity index (χ1v) is 11.1. The van der Waals surface area contributed by atoms with E-state index in [-0.39, 0.29) is 5.76 Å². The lowest BCUT2D eigenvalue weighted by Gasteiger charge is -2.29. The van der Waals surface area contributed by atoms with Gasteiger partial charge in [0.25, 0.3) is 0 Å². The van der Waals surface area contributed by atoms with E-state index in [1.807, 2.05) is 6.07 Å².